The molecule has 1 N–H and O–H groups in total. The largest absolute Gasteiger partial charge is 0.300 e. The second-order valence-corrected chi connectivity index (χ2v) is 4.36. The van der Waals surface area contributed by atoms with Gasteiger partial charge < -0.3 is 5.32 Å². The smallest absolute Gasteiger partial charge is 0.233 e. The minimum atomic E-state index is -0.207. The van der Waals surface area contributed by atoms with Crippen LogP contribution in [0.1, 0.15) is 17.8 Å². The SMILES string of the molecule is CCc1nnc(NC(=O)Cc2nnnn2C)s1. The Hall–Kier alpha value is -1.90. The van der Waals surface area contributed by atoms with Crippen molar-refractivity contribution in [1.82, 2.24) is 30.4 Å². The van der Waals surface area contributed by atoms with Crippen LogP contribution in [0.15, 0.2) is 0 Å². The van der Waals surface area contributed by atoms with Crippen LogP contribution in [0, 0.1) is 0 Å². The van der Waals surface area contributed by atoms with Crippen LogP contribution < -0.4 is 5.32 Å². The molecular formula is C8H11N7OS. The van der Waals surface area contributed by atoms with Gasteiger partial charge in [-0.05, 0) is 16.8 Å². The number of hydrogen-bond donors (Lipinski definition) is 1. The van der Waals surface area contributed by atoms with E-state index in [2.05, 4.69) is 31.0 Å². The Morgan fingerprint density at radius 3 is 2.82 bits per heavy atom. The van der Waals surface area contributed by atoms with E-state index in [1.54, 1.807) is 7.05 Å². The van der Waals surface area contributed by atoms with Crippen LogP contribution in [0.4, 0.5) is 5.13 Å². The minimum Gasteiger partial charge on any atom is -0.300 e. The highest BCUT2D eigenvalue weighted by Gasteiger charge is 2.11. The van der Waals surface area contributed by atoms with Crippen molar-refractivity contribution in [2.24, 2.45) is 7.05 Å². The van der Waals surface area contributed by atoms with Gasteiger partial charge in [0.1, 0.15) is 5.01 Å². The zero-order chi connectivity index (χ0) is 12.3. The van der Waals surface area contributed by atoms with Gasteiger partial charge in [-0.25, -0.2) is 4.68 Å². The first-order valence-electron chi connectivity index (χ1n) is 5.02. The summed E-state index contributed by atoms with van der Waals surface area (Å²) in [6.07, 6.45) is 0.922. The standard InChI is InChI=1S/C8H11N7OS/c1-3-7-11-12-8(17-7)9-6(16)4-5-10-13-14-15(5)2/h3-4H2,1-2H3,(H,9,12,16). The van der Waals surface area contributed by atoms with Gasteiger partial charge >= 0.3 is 0 Å². The Labute approximate surface area is 101 Å². The number of tetrazole rings is 1. The van der Waals surface area contributed by atoms with Gasteiger partial charge in [0.2, 0.25) is 11.0 Å². The number of anilines is 1. The van der Waals surface area contributed by atoms with Crippen molar-refractivity contribution in [1.29, 1.82) is 0 Å². The summed E-state index contributed by atoms with van der Waals surface area (Å²) in [5.74, 6) is 0.296. The van der Waals surface area contributed by atoms with Crippen LogP contribution >= 0.6 is 11.3 Å². The molecule has 0 saturated heterocycles. The highest BCUT2D eigenvalue weighted by atomic mass is 32.1. The van der Waals surface area contributed by atoms with Crippen LogP contribution in [-0.2, 0) is 24.7 Å². The summed E-state index contributed by atoms with van der Waals surface area (Å²) in [7, 11) is 1.68. The second kappa shape index (κ2) is 4.95. The molecule has 0 unspecified atom stereocenters. The first-order chi connectivity index (χ1) is 8.19. The van der Waals surface area contributed by atoms with Crippen LogP contribution in [-0.4, -0.2) is 36.3 Å². The molecule has 8 nitrogen and oxygen atoms in total. The van der Waals surface area contributed by atoms with Gasteiger partial charge in [-0.2, -0.15) is 0 Å². The zero-order valence-electron chi connectivity index (χ0n) is 9.41. The third kappa shape index (κ3) is 2.81. The lowest BCUT2D eigenvalue weighted by Crippen LogP contribution is -2.17. The van der Waals surface area contributed by atoms with Crippen molar-refractivity contribution in [3.63, 3.8) is 0 Å². The topological polar surface area (TPSA) is 98.5 Å². The Kier molecular flexibility index (Phi) is 3.38. The molecule has 0 aliphatic rings. The number of nitrogens with one attached hydrogen (secondary N) is 1. The predicted octanol–water partition coefficient (Wildman–Crippen LogP) is -0.195. The molecular weight excluding hydrogens is 242 g/mol. The highest BCUT2D eigenvalue weighted by molar-refractivity contribution is 7.15. The van der Waals surface area contributed by atoms with Crippen LogP contribution in [0.2, 0.25) is 0 Å². The van der Waals surface area contributed by atoms with Crippen molar-refractivity contribution in [3.05, 3.63) is 10.8 Å². The Morgan fingerprint density at radius 1 is 1.41 bits per heavy atom. The highest BCUT2D eigenvalue weighted by Crippen LogP contribution is 2.15. The molecule has 0 atom stereocenters. The Morgan fingerprint density at radius 2 is 2.24 bits per heavy atom. The van der Waals surface area contributed by atoms with Gasteiger partial charge in [-0.15, -0.1) is 15.3 Å². The van der Waals surface area contributed by atoms with Crippen molar-refractivity contribution in [2.75, 3.05) is 5.32 Å². The van der Waals surface area contributed by atoms with Gasteiger partial charge in [-0.3, -0.25) is 4.79 Å². The molecule has 17 heavy (non-hydrogen) atoms. The zero-order valence-corrected chi connectivity index (χ0v) is 10.2. The van der Waals surface area contributed by atoms with E-state index in [1.807, 2.05) is 6.92 Å². The number of hydrogen-bond acceptors (Lipinski definition) is 7. The van der Waals surface area contributed by atoms with Gasteiger partial charge in [0.05, 0.1) is 6.42 Å². The maximum Gasteiger partial charge on any atom is 0.233 e. The molecule has 2 heterocycles. The lowest BCUT2D eigenvalue weighted by atomic mass is 10.4. The minimum absolute atomic E-state index is 0.116. The lowest BCUT2D eigenvalue weighted by molar-refractivity contribution is -0.115. The Balaban J connectivity index is 1.95. The van der Waals surface area contributed by atoms with Crippen LogP contribution in [0.25, 0.3) is 0 Å². The first kappa shape index (κ1) is 11.6. The molecule has 2 aromatic heterocycles. The van der Waals surface area contributed by atoms with E-state index < -0.39 is 0 Å². The number of aromatic nitrogens is 6. The van der Waals surface area contributed by atoms with E-state index in [4.69, 9.17) is 0 Å². The summed E-state index contributed by atoms with van der Waals surface area (Å²) in [5.41, 5.74) is 0. The third-order valence-electron chi connectivity index (χ3n) is 2.04. The van der Waals surface area contributed by atoms with Crippen molar-refractivity contribution < 1.29 is 4.79 Å². The van der Waals surface area contributed by atoms with E-state index in [0.717, 1.165) is 11.4 Å². The quantitative estimate of drug-likeness (QED) is 0.810. The van der Waals surface area contributed by atoms with E-state index >= 15 is 0 Å². The summed E-state index contributed by atoms with van der Waals surface area (Å²) < 4.78 is 1.46. The lowest BCUT2D eigenvalue weighted by Gasteiger charge is -1.99. The number of amides is 1. The second-order valence-electron chi connectivity index (χ2n) is 3.30. The van der Waals surface area contributed by atoms with E-state index in [9.17, 15) is 4.79 Å². The molecule has 90 valence electrons. The molecule has 0 radical (unpaired) electrons. The van der Waals surface area contributed by atoms with Crippen molar-refractivity contribution in [2.45, 2.75) is 19.8 Å². The molecule has 0 bridgehead atoms. The molecule has 0 aromatic carbocycles. The molecule has 0 spiro atoms. The number of carbonyl (C=O) groups is 1. The molecule has 0 saturated carbocycles. The van der Waals surface area contributed by atoms with E-state index in [-0.39, 0.29) is 12.3 Å². The average molecular weight is 253 g/mol. The van der Waals surface area contributed by atoms with E-state index in [0.29, 0.717) is 11.0 Å². The maximum absolute atomic E-state index is 11.6. The maximum atomic E-state index is 11.6. The summed E-state index contributed by atoms with van der Waals surface area (Å²) in [4.78, 5) is 11.6. The molecule has 1 amide bonds. The van der Waals surface area contributed by atoms with Gasteiger partial charge in [0.15, 0.2) is 5.82 Å². The third-order valence-corrected chi connectivity index (χ3v) is 3.03. The molecule has 9 heteroatoms. The molecule has 2 aromatic rings. The average Bonchev–Trinajstić information content (AvgIpc) is 2.89. The monoisotopic (exact) mass is 253 g/mol. The molecule has 0 aliphatic carbocycles. The molecule has 0 fully saturated rings. The fourth-order valence-corrected chi connectivity index (χ4v) is 1.85. The van der Waals surface area contributed by atoms with Crippen molar-refractivity contribution in [3.8, 4) is 0 Å². The summed E-state index contributed by atoms with van der Waals surface area (Å²) in [6, 6.07) is 0. The fraction of sp³-hybridized carbons (Fsp3) is 0.500. The van der Waals surface area contributed by atoms with Crippen LogP contribution in [0.3, 0.4) is 0 Å². The van der Waals surface area contributed by atoms with Gasteiger partial charge in [0, 0.05) is 7.05 Å². The Bertz CT molecular complexity index is 519. The molecule has 0 aliphatic heterocycles. The fourth-order valence-electron chi connectivity index (χ4n) is 1.15. The summed E-state index contributed by atoms with van der Waals surface area (Å²) in [6.45, 7) is 1.98. The summed E-state index contributed by atoms with van der Waals surface area (Å²) in [5, 5.41) is 22.6. The predicted molar refractivity (Wildman–Crippen MR) is 60.4 cm³/mol. The van der Waals surface area contributed by atoms with E-state index in [1.165, 1.54) is 16.0 Å². The van der Waals surface area contributed by atoms with Gasteiger partial charge in [0.25, 0.3) is 0 Å². The normalized spacial score (nSPS) is 10.5. The first-order valence-corrected chi connectivity index (χ1v) is 5.84. The number of nitrogens with zero attached hydrogens (tertiary/aromatic N) is 6. The van der Waals surface area contributed by atoms with Crippen LogP contribution in [0.5, 0.6) is 0 Å². The number of carbonyl (C=O) groups excluding carboxylic acids is 1. The van der Waals surface area contributed by atoms with Crippen molar-refractivity contribution >= 4 is 22.4 Å². The number of rotatable bonds is 4. The van der Waals surface area contributed by atoms with Gasteiger partial charge in [-0.1, -0.05) is 18.3 Å². The number of aryl methyl sites for hydroxylation is 2. The molecule has 2 rings (SSSR count). The summed E-state index contributed by atoms with van der Waals surface area (Å²) >= 11 is 1.37.